The number of fused-ring (bicyclic) bond motifs is 2. The minimum Gasteiger partial charge on any atom is -0.478 e. The fourth-order valence-corrected chi connectivity index (χ4v) is 3.73. The first-order valence-corrected chi connectivity index (χ1v) is 9.70. The van der Waals surface area contributed by atoms with E-state index in [1.165, 1.54) is 42.5 Å². The summed E-state index contributed by atoms with van der Waals surface area (Å²) in [7, 11) is 0. The monoisotopic (exact) mass is 448 g/mol. The third-order valence-corrected chi connectivity index (χ3v) is 5.26. The van der Waals surface area contributed by atoms with Crippen LogP contribution in [0.15, 0.2) is 66.7 Å². The summed E-state index contributed by atoms with van der Waals surface area (Å²) in [5, 5.41) is 10.1. The highest BCUT2D eigenvalue weighted by atomic mass is 19.2. The van der Waals surface area contributed by atoms with Crippen LogP contribution < -0.4 is 0 Å². The first-order chi connectivity index (χ1) is 15.8. The summed E-state index contributed by atoms with van der Waals surface area (Å²) in [5.41, 5.74) is 1.39. The lowest BCUT2D eigenvalue weighted by atomic mass is 9.99. The Morgan fingerprint density at radius 1 is 0.667 bits per heavy atom. The van der Waals surface area contributed by atoms with E-state index in [-0.39, 0.29) is 33.4 Å². The number of halogens is 4. The molecule has 5 rings (SSSR count). The summed E-state index contributed by atoms with van der Waals surface area (Å²) in [5.74, 6) is -4.53. The SMILES string of the molecule is O=C(O)c1cc(-c2cc(-c3ccc(F)c(F)c3)nc3ccc(F)cc23)nc2ccc(F)cc12. The molecule has 0 aliphatic carbocycles. The van der Waals surface area contributed by atoms with Crippen LogP contribution in [0, 0.1) is 23.3 Å². The quantitative estimate of drug-likeness (QED) is 0.326. The molecule has 0 amide bonds. The van der Waals surface area contributed by atoms with Gasteiger partial charge in [-0.2, -0.15) is 0 Å². The fraction of sp³-hybridized carbons (Fsp3) is 0. The van der Waals surface area contributed by atoms with Gasteiger partial charge >= 0.3 is 5.97 Å². The molecule has 0 aliphatic rings. The first-order valence-electron chi connectivity index (χ1n) is 9.70. The van der Waals surface area contributed by atoms with Crippen LogP contribution in [0.1, 0.15) is 10.4 Å². The van der Waals surface area contributed by atoms with Gasteiger partial charge in [-0.3, -0.25) is 0 Å². The van der Waals surface area contributed by atoms with Gasteiger partial charge in [0.15, 0.2) is 11.6 Å². The second kappa shape index (κ2) is 7.67. The first kappa shape index (κ1) is 20.6. The van der Waals surface area contributed by atoms with Crippen molar-refractivity contribution in [3.05, 3.63) is 95.6 Å². The van der Waals surface area contributed by atoms with Crippen molar-refractivity contribution in [1.29, 1.82) is 0 Å². The lowest BCUT2D eigenvalue weighted by Gasteiger charge is -2.12. The number of aromatic carboxylic acids is 1. The minimum absolute atomic E-state index is 0.108. The maximum Gasteiger partial charge on any atom is 0.336 e. The summed E-state index contributed by atoms with van der Waals surface area (Å²) < 4.78 is 55.1. The van der Waals surface area contributed by atoms with Crippen molar-refractivity contribution in [2.75, 3.05) is 0 Å². The number of carbonyl (C=O) groups is 1. The molecule has 8 heteroatoms. The lowest BCUT2D eigenvalue weighted by molar-refractivity contribution is 0.0699. The van der Waals surface area contributed by atoms with Gasteiger partial charge in [0, 0.05) is 21.9 Å². The van der Waals surface area contributed by atoms with Crippen LogP contribution in [0.2, 0.25) is 0 Å². The maximum atomic E-state index is 14.1. The van der Waals surface area contributed by atoms with Gasteiger partial charge in [-0.1, -0.05) is 0 Å². The van der Waals surface area contributed by atoms with Gasteiger partial charge in [0.05, 0.1) is 28.0 Å². The molecule has 3 aromatic carbocycles. The molecule has 0 atom stereocenters. The zero-order valence-corrected chi connectivity index (χ0v) is 16.6. The van der Waals surface area contributed by atoms with E-state index in [2.05, 4.69) is 9.97 Å². The van der Waals surface area contributed by atoms with E-state index in [1.54, 1.807) is 0 Å². The Bertz CT molecular complexity index is 1600. The Hall–Kier alpha value is -4.33. The van der Waals surface area contributed by atoms with Crippen LogP contribution in [0.3, 0.4) is 0 Å². The third-order valence-electron chi connectivity index (χ3n) is 5.26. The molecule has 2 aromatic heterocycles. The van der Waals surface area contributed by atoms with Crippen LogP contribution >= 0.6 is 0 Å². The van der Waals surface area contributed by atoms with Crippen LogP contribution in [-0.2, 0) is 0 Å². The van der Waals surface area contributed by atoms with E-state index in [0.717, 1.165) is 24.3 Å². The highest BCUT2D eigenvalue weighted by molar-refractivity contribution is 6.05. The molecule has 0 saturated carbocycles. The van der Waals surface area contributed by atoms with Gasteiger partial charge in [0.2, 0.25) is 0 Å². The Kier molecular flexibility index (Phi) is 4.78. The molecule has 1 N–H and O–H groups in total. The van der Waals surface area contributed by atoms with Crippen molar-refractivity contribution < 1.29 is 27.5 Å². The highest BCUT2D eigenvalue weighted by Gasteiger charge is 2.18. The fourth-order valence-electron chi connectivity index (χ4n) is 3.73. The van der Waals surface area contributed by atoms with E-state index in [1.807, 2.05) is 0 Å². The van der Waals surface area contributed by atoms with Crippen LogP contribution in [-0.4, -0.2) is 21.0 Å². The highest BCUT2D eigenvalue weighted by Crippen LogP contribution is 2.34. The number of hydrogen-bond acceptors (Lipinski definition) is 3. The standard InChI is InChI=1S/C25H12F4N2O2/c26-13-2-5-21-15(8-13)17(10-23(30-21)12-1-4-19(28)20(29)7-12)24-11-18(25(32)33)16-9-14(27)3-6-22(16)31-24/h1-11H,(H,32,33). The molecule has 162 valence electrons. The van der Waals surface area contributed by atoms with Crippen molar-refractivity contribution in [2.24, 2.45) is 0 Å². The number of pyridine rings is 2. The van der Waals surface area contributed by atoms with Gasteiger partial charge in [-0.25, -0.2) is 32.3 Å². The number of nitrogens with zero attached hydrogens (tertiary/aromatic N) is 2. The zero-order valence-electron chi connectivity index (χ0n) is 16.6. The molecule has 0 radical (unpaired) electrons. The van der Waals surface area contributed by atoms with Crippen molar-refractivity contribution in [3.63, 3.8) is 0 Å². The van der Waals surface area contributed by atoms with Gasteiger partial charge in [0.1, 0.15) is 11.6 Å². The average molecular weight is 448 g/mol. The third kappa shape index (κ3) is 3.65. The Morgan fingerprint density at radius 3 is 1.97 bits per heavy atom. The van der Waals surface area contributed by atoms with Crippen molar-refractivity contribution in [2.45, 2.75) is 0 Å². The van der Waals surface area contributed by atoms with Gasteiger partial charge < -0.3 is 5.11 Å². The molecular formula is C25H12F4N2O2. The van der Waals surface area contributed by atoms with Crippen LogP contribution in [0.4, 0.5) is 17.6 Å². The molecule has 0 fully saturated rings. The maximum absolute atomic E-state index is 14.1. The van der Waals surface area contributed by atoms with Gasteiger partial charge in [-0.15, -0.1) is 0 Å². The van der Waals surface area contributed by atoms with Crippen molar-refractivity contribution >= 4 is 27.8 Å². The predicted molar refractivity (Wildman–Crippen MR) is 115 cm³/mol. The number of hydrogen-bond donors (Lipinski definition) is 1. The summed E-state index contributed by atoms with van der Waals surface area (Å²) >= 11 is 0. The summed E-state index contributed by atoms with van der Waals surface area (Å²) in [4.78, 5) is 20.8. The largest absolute Gasteiger partial charge is 0.478 e. The molecular weight excluding hydrogens is 436 g/mol. The molecule has 5 aromatic rings. The van der Waals surface area contributed by atoms with E-state index >= 15 is 0 Å². The summed E-state index contributed by atoms with van der Waals surface area (Å²) in [6, 6.07) is 13.5. The van der Waals surface area contributed by atoms with Crippen LogP contribution in [0.25, 0.3) is 44.3 Å². The minimum atomic E-state index is -1.29. The lowest BCUT2D eigenvalue weighted by Crippen LogP contribution is -2.01. The summed E-state index contributed by atoms with van der Waals surface area (Å²) in [6.45, 7) is 0. The zero-order chi connectivity index (χ0) is 23.3. The van der Waals surface area contributed by atoms with E-state index in [0.29, 0.717) is 16.5 Å². The molecule has 2 heterocycles. The average Bonchev–Trinajstić information content (AvgIpc) is 2.79. The second-order valence-corrected chi connectivity index (χ2v) is 7.37. The molecule has 0 unspecified atom stereocenters. The Labute approximate surface area is 183 Å². The van der Waals surface area contributed by atoms with Gasteiger partial charge in [-0.05, 0) is 66.7 Å². The Balaban J connectivity index is 1.84. The molecule has 4 nitrogen and oxygen atoms in total. The molecule has 33 heavy (non-hydrogen) atoms. The van der Waals surface area contributed by atoms with E-state index in [9.17, 15) is 27.5 Å². The number of carboxylic acid groups (broad SMARTS) is 1. The smallest absolute Gasteiger partial charge is 0.336 e. The van der Waals surface area contributed by atoms with E-state index < -0.39 is 29.2 Å². The second-order valence-electron chi connectivity index (χ2n) is 7.37. The summed E-state index contributed by atoms with van der Waals surface area (Å²) in [6.07, 6.45) is 0. The van der Waals surface area contributed by atoms with Crippen molar-refractivity contribution in [3.8, 4) is 22.5 Å². The van der Waals surface area contributed by atoms with E-state index in [4.69, 9.17) is 0 Å². The number of aromatic nitrogens is 2. The molecule has 0 bridgehead atoms. The van der Waals surface area contributed by atoms with Gasteiger partial charge in [0.25, 0.3) is 0 Å². The molecule has 0 spiro atoms. The normalized spacial score (nSPS) is 11.3. The van der Waals surface area contributed by atoms with Crippen molar-refractivity contribution in [1.82, 2.24) is 9.97 Å². The van der Waals surface area contributed by atoms with Crippen LogP contribution in [0.5, 0.6) is 0 Å². The Morgan fingerprint density at radius 2 is 1.30 bits per heavy atom. The number of benzene rings is 3. The molecule has 0 aliphatic heterocycles. The topological polar surface area (TPSA) is 63.1 Å². The molecule has 0 saturated heterocycles. The number of rotatable bonds is 3. The number of carboxylic acids is 1. The predicted octanol–water partition coefficient (Wildman–Crippen LogP) is 6.37.